The molecule has 1 heterocycles. The first-order valence-corrected chi connectivity index (χ1v) is 6.05. The van der Waals surface area contributed by atoms with Crippen molar-refractivity contribution < 1.29 is 0 Å². The molecular weight excluding hydrogens is 258 g/mol. The van der Waals surface area contributed by atoms with E-state index in [9.17, 15) is 0 Å². The van der Waals surface area contributed by atoms with Crippen molar-refractivity contribution >= 4 is 47.6 Å². The minimum Gasteiger partial charge on any atom is -0.108 e. The molecule has 0 aliphatic rings. The van der Waals surface area contributed by atoms with Crippen molar-refractivity contribution in [3.8, 4) is 0 Å². The third-order valence-corrected chi connectivity index (χ3v) is 6.81. The largest absolute Gasteiger partial charge is 0.108 e. The van der Waals surface area contributed by atoms with E-state index in [1.54, 1.807) is 0 Å². The predicted molar refractivity (Wildman–Crippen MR) is 43.9 cm³/mol. The summed E-state index contributed by atoms with van der Waals surface area (Å²) in [6.45, 7) is 0. The van der Waals surface area contributed by atoms with Crippen LogP contribution in [0.25, 0.3) is 0 Å². The lowest BCUT2D eigenvalue weighted by Crippen LogP contribution is -1.43. The van der Waals surface area contributed by atoms with Gasteiger partial charge in [-0.1, -0.05) is 0 Å². The Morgan fingerprint density at radius 1 is 1.57 bits per heavy atom. The van der Waals surface area contributed by atoms with E-state index in [-0.39, 0.29) is 0 Å². The lowest BCUT2D eigenvalue weighted by molar-refractivity contribution is 1.89. The summed E-state index contributed by atoms with van der Waals surface area (Å²) in [4.78, 5) is 0. The van der Waals surface area contributed by atoms with Crippen molar-refractivity contribution in [1.82, 2.24) is 0 Å². The normalized spacial score (nSPS) is 11.7. The maximum Gasteiger partial charge on any atom is 0.0629 e. The third kappa shape index (κ3) is 1.54. The molecule has 0 spiro atoms. The fourth-order valence-electron chi connectivity index (χ4n) is 0.259. The topological polar surface area (TPSA) is 0 Å². The van der Waals surface area contributed by atoms with Gasteiger partial charge in [-0.3, -0.25) is 0 Å². The standard InChI is InChI=1S/C3H2Br2P2/c4-2-1-6-7-3(2)5/h1,6H. The Bertz CT molecular complexity index is 143. The molecule has 0 saturated heterocycles. The van der Waals surface area contributed by atoms with Crippen LogP contribution in [0.1, 0.15) is 0 Å². The number of hydrogen-bond acceptors (Lipinski definition) is 0. The van der Waals surface area contributed by atoms with Gasteiger partial charge in [0.25, 0.3) is 0 Å². The Kier molecular flexibility index (Phi) is 2.37. The van der Waals surface area contributed by atoms with Crippen LogP contribution in [-0.2, 0) is 0 Å². The molecule has 1 aromatic heterocycles. The summed E-state index contributed by atoms with van der Waals surface area (Å²) >= 11 is 6.78. The molecule has 0 aliphatic carbocycles. The van der Waals surface area contributed by atoms with E-state index in [1.165, 1.54) is 16.5 Å². The van der Waals surface area contributed by atoms with Gasteiger partial charge in [0.2, 0.25) is 0 Å². The van der Waals surface area contributed by atoms with Gasteiger partial charge in [0.05, 0.1) is 4.20 Å². The van der Waals surface area contributed by atoms with Crippen LogP contribution >= 0.6 is 47.6 Å². The van der Waals surface area contributed by atoms with Gasteiger partial charge in [-0.05, 0) is 45.5 Å². The average molecular weight is 260 g/mol. The zero-order chi connectivity index (χ0) is 5.28. The van der Waals surface area contributed by atoms with E-state index in [1.807, 2.05) is 0 Å². The molecule has 0 amide bonds. The summed E-state index contributed by atoms with van der Waals surface area (Å²) in [7, 11) is 2.35. The first-order chi connectivity index (χ1) is 3.30. The summed E-state index contributed by atoms with van der Waals surface area (Å²) in [5.41, 5.74) is 0. The fourth-order valence-corrected chi connectivity index (χ4v) is 5.15. The molecule has 0 nitrogen and oxygen atoms in total. The Hall–Kier alpha value is 1.17. The Morgan fingerprint density at radius 2 is 2.29 bits per heavy atom. The molecule has 0 N–H and O–H groups in total. The highest BCUT2D eigenvalue weighted by Crippen LogP contribution is 2.39. The van der Waals surface area contributed by atoms with Crippen LogP contribution in [0.15, 0.2) is 14.5 Å². The lowest BCUT2D eigenvalue weighted by atomic mass is 10.8. The third-order valence-electron chi connectivity index (χ3n) is 0.551. The van der Waals surface area contributed by atoms with Crippen molar-refractivity contribution in [2.75, 3.05) is 0 Å². The molecule has 0 bridgehead atoms. The van der Waals surface area contributed by atoms with E-state index in [4.69, 9.17) is 0 Å². The molecule has 0 radical (unpaired) electrons. The zero-order valence-electron chi connectivity index (χ0n) is 3.28. The maximum absolute atomic E-state index is 3.40. The molecule has 1 atom stereocenters. The second-order valence-corrected chi connectivity index (χ2v) is 5.95. The van der Waals surface area contributed by atoms with Crippen LogP contribution in [-0.4, -0.2) is 0 Å². The molecule has 1 aromatic rings. The molecule has 0 aliphatic heterocycles. The molecule has 0 saturated carbocycles. The second-order valence-electron chi connectivity index (χ2n) is 1.02. The van der Waals surface area contributed by atoms with Gasteiger partial charge in [-0.15, -0.1) is 7.87 Å². The SMILES string of the molecule is Brc1c[pH]pc1Br. The minimum absolute atomic E-state index is 0.949. The van der Waals surface area contributed by atoms with Gasteiger partial charge in [-0.2, -0.15) is 0 Å². The number of halogens is 2. The van der Waals surface area contributed by atoms with E-state index in [2.05, 4.69) is 37.7 Å². The maximum atomic E-state index is 3.40. The van der Waals surface area contributed by atoms with E-state index in [0.717, 1.165) is 7.87 Å². The predicted octanol–water partition coefficient (Wildman–Crippen LogP) is 3.82. The number of rotatable bonds is 0. The molecule has 4 heteroatoms. The summed E-state index contributed by atoms with van der Waals surface area (Å²) < 4.78 is 2.51. The molecule has 1 rings (SSSR count). The Labute approximate surface area is 62.0 Å². The Morgan fingerprint density at radius 3 is 2.43 bits per heavy atom. The monoisotopic (exact) mass is 258 g/mol. The van der Waals surface area contributed by atoms with Crippen LogP contribution in [0.2, 0.25) is 0 Å². The summed E-state index contributed by atoms with van der Waals surface area (Å²) in [5, 5.41) is 0. The van der Waals surface area contributed by atoms with E-state index in [0.29, 0.717) is 0 Å². The first-order valence-electron chi connectivity index (χ1n) is 1.65. The van der Waals surface area contributed by atoms with Gasteiger partial charge < -0.3 is 0 Å². The average Bonchev–Trinajstić information content (AvgIpc) is 1.91. The van der Waals surface area contributed by atoms with Gasteiger partial charge in [0, 0.05) is 4.47 Å². The van der Waals surface area contributed by atoms with Crippen molar-refractivity contribution in [2.24, 2.45) is 0 Å². The van der Waals surface area contributed by atoms with Crippen molar-refractivity contribution in [1.29, 1.82) is 0 Å². The summed E-state index contributed by atoms with van der Waals surface area (Å²) in [6.07, 6.45) is 0. The van der Waals surface area contributed by atoms with Gasteiger partial charge in [0.15, 0.2) is 0 Å². The van der Waals surface area contributed by atoms with Crippen LogP contribution in [0, 0.1) is 0 Å². The Balaban J connectivity index is 3.12. The molecule has 38 valence electrons. The van der Waals surface area contributed by atoms with Gasteiger partial charge >= 0.3 is 0 Å². The molecule has 7 heavy (non-hydrogen) atoms. The molecule has 0 aromatic carbocycles. The van der Waals surface area contributed by atoms with Crippen LogP contribution in [0.3, 0.4) is 0 Å². The highest BCUT2D eigenvalue weighted by atomic mass is 79.9. The summed E-state index contributed by atoms with van der Waals surface area (Å²) in [5.74, 6) is 2.19. The van der Waals surface area contributed by atoms with Gasteiger partial charge in [-0.25, -0.2) is 0 Å². The molecule has 1 unspecified atom stereocenters. The summed E-state index contributed by atoms with van der Waals surface area (Å²) in [6, 6.07) is 0. The van der Waals surface area contributed by atoms with Crippen molar-refractivity contribution in [2.45, 2.75) is 0 Å². The van der Waals surface area contributed by atoms with Crippen LogP contribution < -0.4 is 0 Å². The zero-order valence-corrected chi connectivity index (χ0v) is 8.35. The second kappa shape index (κ2) is 2.64. The first kappa shape index (κ1) is 6.29. The van der Waals surface area contributed by atoms with Crippen LogP contribution in [0.4, 0.5) is 0 Å². The fraction of sp³-hybridized carbons (Fsp3) is 0. The molecule has 0 fully saturated rings. The smallest absolute Gasteiger partial charge is 0.0629 e. The lowest BCUT2D eigenvalue weighted by Gasteiger charge is -1.74. The van der Waals surface area contributed by atoms with E-state index >= 15 is 0 Å². The quantitative estimate of drug-likeness (QED) is 0.664. The highest BCUT2D eigenvalue weighted by Gasteiger charge is 1.91. The number of hydrogen-bond donors (Lipinski definition) is 0. The van der Waals surface area contributed by atoms with Gasteiger partial charge in [0.1, 0.15) is 0 Å². The highest BCUT2D eigenvalue weighted by molar-refractivity contribution is 9.13. The van der Waals surface area contributed by atoms with Crippen molar-refractivity contribution in [3.63, 3.8) is 0 Å². The van der Waals surface area contributed by atoms with Crippen LogP contribution in [0.5, 0.6) is 0 Å². The molecular formula is C3H2Br2P2. The minimum atomic E-state index is 0.949. The van der Waals surface area contributed by atoms with E-state index < -0.39 is 0 Å². The van der Waals surface area contributed by atoms with Crippen molar-refractivity contribution in [3.05, 3.63) is 14.5 Å².